The Kier molecular flexibility index (Phi) is 9.67. The van der Waals surface area contributed by atoms with Gasteiger partial charge in [0.25, 0.3) is 0 Å². The molecule has 0 bridgehead atoms. The van der Waals surface area contributed by atoms with Gasteiger partial charge in [0.2, 0.25) is 0 Å². The van der Waals surface area contributed by atoms with Crippen molar-refractivity contribution in [1.82, 2.24) is 24.1 Å². The third-order valence-electron chi connectivity index (χ3n) is 13.1. The Labute approximate surface area is 394 Å². The van der Waals surface area contributed by atoms with Crippen molar-refractivity contribution in [2.75, 3.05) is 0 Å². The van der Waals surface area contributed by atoms with Gasteiger partial charge < -0.3 is 9.13 Å². The molecule has 6 heteroatoms. The first-order valence-electron chi connectivity index (χ1n) is 23.0. The molecule has 0 aliphatic heterocycles. The summed E-state index contributed by atoms with van der Waals surface area (Å²) in [6.45, 7) is 8.61. The van der Waals surface area contributed by atoms with Crippen molar-refractivity contribution >= 4 is 43.6 Å². The van der Waals surface area contributed by atoms with Gasteiger partial charge in [-0.15, -0.1) is 0 Å². The van der Waals surface area contributed by atoms with Gasteiger partial charge in [-0.05, 0) is 98.5 Å². The zero-order valence-corrected chi connectivity index (χ0v) is 38.2. The summed E-state index contributed by atoms with van der Waals surface area (Å²) >= 11 is 0. The molecule has 9 aromatic carbocycles. The molecule has 0 aliphatic carbocycles. The third-order valence-corrected chi connectivity index (χ3v) is 13.1. The second-order valence-corrected chi connectivity index (χ2v) is 18.0. The lowest BCUT2D eigenvalue weighted by Gasteiger charge is -2.19. The minimum Gasteiger partial charge on any atom is -0.307 e. The Morgan fingerprint density at radius 3 is 1.19 bits per heavy atom. The van der Waals surface area contributed by atoms with Crippen LogP contribution in [0.15, 0.2) is 194 Å². The van der Waals surface area contributed by atoms with Crippen LogP contribution in [0.3, 0.4) is 0 Å². The molecule has 0 amide bonds. The van der Waals surface area contributed by atoms with E-state index in [0.29, 0.717) is 28.6 Å². The first-order valence-corrected chi connectivity index (χ1v) is 23.0. The average Bonchev–Trinajstić information content (AvgIpc) is 3.88. The van der Waals surface area contributed by atoms with Gasteiger partial charge >= 0.3 is 0 Å². The van der Waals surface area contributed by atoms with Gasteiger partial charge in [-0.2, -0.15) is 5.26 Å². The number of hydrogen-bond acceptors (Lipinski definition) is 4. The molecule has 322 valence electrons. The molecule has 3 aromatic heterocycles. The van der Waals surface area contributed by atoms with Crippen molar-refractivity contribution in [2.45, 2.75) is 27.7 Å². The molecule has 0 fully saturated rings. The summed E-state index contributed by atoms with van der Waals surface area (Å²) in [7, 11) is 0. The van der Waals surface area contributed by atoms with Crippen molar-refractivity contribution in [3.05, 3.63) is 222 Å². The maximum Gasteiger partial charge on any atom is 0.165 e. The molecule has 12 aromatic rings. The molecule has 68 heavy (non-hydrogen) atoms. The number of aromatic nitrogens is 5. The SMILES string of the molecule is Cc1cc(C)cc(-c2ccc3c(c2)c2ccccc2n3-c2cc(C#N)c(-c3nc(-c4ccccc4)nc(-c4ccccc4)n3)cc2-n2c3ccccc3c3cc(-c4cc(C)cc(C)c4)ccc32)c1. The second-order valence-electron chi connectivity index (χ2n) is 18.0. The molecule has 0 unspecified atom stereocenters. The number of para-hydroxylation sites is 2. The summed E-state index contributed by atoms with van der Waals surface area (Å²) in [6.07, 6.45) is 0. The highest BCUT2D eigenvalue weighted by molar-refractivity contribution is 6.13. The number of hydrogen-bond donors (Lipinski definition) is 0. The quantitative estimate of drug-likeness (QED) is 0.160. The number of fused-ring (bicyclic) bond motifs is 6. The minimum absolute atomic E-state index is 0.417. The van der Waals surface area contributed by atoms with Gasteiger partial charge in [-0.25, -0.2) is 15.0 Å². The molecular weight excluding hydrogens is 829 g/mol. The zero-order chi connectivity index (χ0) is 46.0. The third kappa shape index (κ3) is 6.92. The Morgan fingerprint density at radius 1 is 0.338 bits per heavy atom. The van der Waals surface area contributed by atoms with E-state index in [4.69, 9.17) is 15.0 Å². The average molecular weight is 873 g/mol. The highest BCUT2D eigenvalue weighted by Gasteiger charge is 2.25. The smallest absolute Gasteiger partial charge is 0.165 e. The lowest BCUT2D eigenvalue weighted by Crippen LogP contribution is -2.07. The number of nitrogens with zero attached hydrogens (tertiary/aromatic N) is 6. The van der Waals surface area contributed by atoms with Gasteiger partial charge in [0, 0.05) is 38.2 Å². The second kappa shape index (κ2) is 16.2. The Balaban J connectivity index is 1.18. The fraction of sp³-hybridized carbons (Fsp3) is 0.0645. The highest BCUT2D eigenvalue weighted by atomic mass is 15.1. The van der Waals surface area contributed by atoms with Crippen molar-refractivity contribution in [1.29, 1.82) is 5.26 Å². The van der Waals surface area contributed by atoms with Crippen LogP contribution in [0.25, 0.3) is 111 Å². The largest absolute Gasteiger partial charge is 0.307 e. The molecule has 0 atom stereocenters. The fourth-order valence-electron chi connectivity index (χ4n) is 10.2. The van der Waals surface area contributed by atoms with E-state index in [0.717, 1.165) is 77.2 Å². The molecule has 12 rings (SSSR count). The molecular formula is C62H44N6. The molecule has 6 nitrogen and oxygen atoms in total. The summed E-state index contributed by atoms with van der Waals surface area (Å²) in [5, 5.41) is 15.8. The van der Waals surface area contributed by atoms with E-state index in [1.807, 2.05) is 66.7 Å². The summed E-state index contributed by atoms with van der Waals surface area (Å²) in [5.74, 6) is 1.48. The van der Waals surface area contributed by atoms with Crippen LogP contribution in [0.4, 0.5) is 0 Å². The maximum atomic E-state index is 11.3. The van der Waals surface area contributed by atoms with Crippen LogP contribution in [0.1, 0.15) is 27.8 Å². The monoisotopic (exact) mass is 872 g/mol. The van der Waals surface area contributed by atoms with Crippen molar-refractivity contribution in [3.8, 4) is 73.9 Å². The van der Waals surface area contributed by atoms with E-state index in [-0.39, 0.29) is 0 Å². The van der Waals surface area contributed by atoms with Gasteiger partial charge in [0.1, 0.15) is 0 Å². The van der Waals surface area contributed by atoms with Crippen LogP contribution >= 0.6 is 0 Å². The lowest BCUT2D eigenvalue weighted by atomic mass is 9.99. The van der Waals surface area contributed by atoms with E-state index in [2.05, 4.69) is 170 Å². The van der Waals surface area contributed by atoms with E-state index in [1.165, 1.54) is 33.4 Å². The van der Waals surface area contributed by atoms with Gasteiger partial charge in [0.05, 0.1) is 45.1 Å². The van der Waals surface area contributed by atoms with Crippen molar-refractivity contribution in [3.63, 3.8) is 0 Å². The molecule has 0 N–H and O–H groups in total. The Bertz CT molecular complexity index is 3920. The molecule has 0 radical (unpaired) electrons. The normalized spacial score (nSPS) is 11.5. The zero-order valence-electron chi connectivity index (χ0n) is 38.2. The van der Waals surface area contributed by atoms with Crippen LogP contribution in [-0.2, 0) is 0 Å². The van der Waals surface area contributed by atoms with Crippen molar-refractivity contribution in [2.24, 2.45) is 0 Å². The predicted octanol–water partition coefficient (Wildman–Crippen LogP) is 15.5. The summed E-state index contributed by atoms with van der Waals surface area (Å²) < 4.78 is 4.69. The summed E-state index contributed by atoms with van der Waals surface area (Å²) in [6, 6.07) is 70.9. The van der Waals surface area contributed by atoms with Gasteiger partial charge in [0.15, 0.2) is 17.5 Å². The summed E-state index contributed by atoms with van der Waals surface area (Å²) in [4.78, 5) is 15.3. The van der Waals surface area contributed by atoms with E-state index in [1.54, 1.807) is 0 Å². The first kappa shape index (κ1) is 40.6. The van der Waals surface area contributed by atoms with Crippen LogP contribution in [-0.4, -0.2) is 24.1 Å². The number of nitriles is 1. The molecule has 3 heterocycles. The number of benzene rings is 9. The van der Waals surface area contributed by atoms with Crippen molar-refractivity contribution < 1.29 is 0 Å². The van der Waals surface area contributed by atoms with E-state index in [9.17, 15) is 5.26 Å². The molecule has 0 saturated carbocycles. The molecule has 0 spiro atoms. The standard InChI is InChI=1S/C62H44N6/c1-38-27-39(2)30-46(29-38)44-23-25-56-52(33-44)49-19-11-13-21-54(49)67(56)58-35-48(37-63)51(62-65-60(42-15-7-5-8-16-42)64-61(66-62)43-17-9-6-10-18-43)36-59(58)68-55-22-14-12-20-50(55)53-34-45(24-26-57(53)68)47-31-40(3)28-41(4)32-47/h5-36H,1-4H3. The lowest BCUT2D eigenvalue weighted by molar-refractivity contribution is 1.06. The highest BCUT2D eigenvalue weighted by Crippen LogP contribution is 2.43. The molecule has 0 saturated heterocycles. The van der Waals surface area contributed by atoms with Crippen LogP contribution in [0, 0.1) is 39.0 Å². The number of aryl methyl sites for hydroxylation is 4. The Morgan fingerprint density at radius 2 is 0.735 bits per heavy atom. The first-order chi connectivity index (χ1) is 33.3. The van der Waals surface area contributed by atoms with Crippen LogP contribution in [0.2, 0.25) is 0 Å². The van der Waals surface area contributed by atoms with Gasteiger partial charge in [-0.1, -0.05) is 168 Å². The maximum absolute atomic E-state index is 11.3. The van der Waals surface area contributed by atoms with Gasteiger partial charge in [-0.3, -0.25) is 0 Å². The van der Waals surface area contributed by atoms with E-state index >= 15 is 0 Å². The number of rotatable bonds is 7. The fourth-order valence-corrected chi connectivity index (χ4v) is 10.2. The predicted molar refractivity (Wildman–Crippen MR) is 279 cm³/mol. The minimum atomic E-state index is 0.417. The Hall–Kier alpha value is -8.92. The van der Waals surface area contributed by atoms with Crippen LogP contribution in [0.5, 0.6) is 0 Å². The van der Waals surface area contributed by atoms with Crippen LogP contribution < -0.4 is 0 Å². The van der Waals surface area contributed by atoms with E-state index < -0.39 is 0 Å². The topological polar surface area (TPSA) is 72.3 Å². The molecule has 0 aliphatic rings. The summed E-state index contributed by atoms with van der Waals surface area (Å²) in [5.41, 5.74) is 18.3.